The molecule has 0 amide bonds. The van der Waals surface area contributed by atoms with Gasteiger partial charge in [-0.15, -0.1) is 5.10 Å². The molecule has 26 heavy (non-hydrogen) atoms. The third kappa shape index (κ3) is 4.27. The van der Waals surface area contributed by atoms with E-state index >= 15 is 0 Å². The lowest BCUT2D eigenvalue weighted by Crippen LogP contribution is -2.14. The first-order valence-corrected chi connectivity index (χ1v) is 9.61. The van der Waals surface area contributed by atoms with Crippen molar-refractivity contribution >= 4 is 39.2 Å². The number of sulfonamides is 1. The van der Waals surface area contributed by atoms with Crippen LogP contribution in [0, 0.1) is 0 Å². The number of ether oxygens (including phenoxy) is 1. The highest BCUT2D eigenvalue weighted by Crippen LogP contribution is 2.27. The van der Waals surface area contributed by atoms with Gasteiger partial charge in [0.05, 0.1) is 23.6 Å². The van der Waals surface area contributed by atoms with Crippen molar-refractivity contribution in [2.45, 2.75) is 11.4 Å². The summed E-state index contributed by atoms with van der Waals surface area (Å²) in [4.78, 5) is 3.96. The molecule has 0 fully saturated rings. The van der Waals surface area contributed by atoms with Crippen LogP contribution in [0.15, 0.2) is 53.7 Å². The predicted octanol–water partition coefficient (Wildman–Crippen LogP) is 3.44. The average Bonchev–Trinajstić information content (AvgIpc) is 3.03. The molecule has 0 bridgehead atoms. The zero-order valence-corrected chi connectivity index (χ0v) is 15.9. The molecule has 1 N–H and O–H groups in total. The number of methoxy groups -OCH3 is 1. The first kappa shape index (κ1) is 18.5. The van der Waals surface area contributed by atoms with Crippen LogP contribution >= 0.6 is 23.2 Å². The number of nitrogens with zero attached hydrogens (tertiary/aromatic N) is 3. The van der Waals surface area contributed by atoms with E-state index in [2.05, 4.69) is 14.8 Å². The van der Waals surface area contributed by atoms with Crippen molar-refractivity contribution in [2.75, 3.05) is 11.8 Å². The number of rotatable bonds is 6. The highest BCUT2D eigenvalue weighted by Gasteiger charge is 2.18. The molecule has 0 aliphatic rings. The van der Waals surface area contributed by atoms with E-state index < -0.39 is 10.0 Å². The molecule has 0 radical (unpaired) electrons. The number of halogens is 2. The fourth-order valence-corrected chi connectivity index (χ4v) is 3.61. The molecule has 0 aliphatic heterocycles. The smallest absolute Gasteiger partial charge is 0.264 e. The second kappa shape index (κ2) is 7.53. The SMILES string of the molecule is COc1ccc(S(=O)(=O)Nc2ncn(Cc3ccc(Cl)cc3)n2)cc1Cl. The van der Waals surface area contributed by atoms with Gasteiger partial charge in [0.15, 0.2) is 0 Å². The Morgan fingerprint density at radius 2 is 1.88 bits per heavy atom. The van der Waals surface area contributed by atoms with Crippen LogP contribution in [0.3, 0.4) is 0 Å². The molecule has 3 aromatic rings. The highest BCUT2D eigenvalue weighted by atomic mass is 35.5. The van der Waals surface area contributed by atoms with Crippen molar-refractivity contribution in [1.82, 2.24) is 14.8 Å². The molecule has 1 aromatic heterocycles. The molecule has 2 aromatic carbocycles. The van der Waals surface area contributed by atoms with E-state index in [-0.39, 0.29) is 15.9 Å². The van der Waals surface area contributed by atoms with E-state index in [1.54, 1.807) is 12.1 Å². The maximum Gasteiger partial charge on any atom is 0.264 e. The van der Waals surface area contributed by atoms with Gasteiger partial charge in [-0.25, -0.2) is 17.8 Å². The molecule has 10 heteroatoms. The van der Waals surface area contributed by atoms with Gasteiger partial charge in [-0.2, -0.15) is 4.98 Å². The summed E-state index contributed by atoms with van der Waals surface area (Å²) in [6.45, 7) is 0.431. The number of aromatic nitrogens is 3. The zero-order valence-electron chi connectivity index (χ0n) is 13.6. The molecular formula is C16H14Cl2N4O3S. The van der Waals surface area contributed by atoms with Gasteiger partial charge in [0.1, 0.15) is 12.1 Å². The number of hydrogen-bond acceptors (Lipinski definition) is 5. The quantitative estimate of drug-likeness (QED) is 0.669. The lowest BCUT2D eigenvalue weighted by molar-refractivity contribution is 0.414. The van der Waals surface area contributed by atoms with Gasteiger partial charge >= 0.3 is 0 Å². The molecule has 1 heterocycles. The summed E-state index contributed by atoms with van der Waals surface area (Å²) in [5, 5.41) is 4.95. The molecule has 7 nitrogen and oxygen atoms in total. The zero-order chi connectivity index (χ0) is 18.7. The van der Waals surface area contributed by atoms with Gasteiger partial charge in [0.2, 0.25) is 0 Å². The minimum Gasteiger partial charge on any atom is -0.495 e. The van der Waals surface area contributed by atoms with Crippen molar-refractivity contribution in [1.29, 1.82) is 0 Å². The molecular weight excluding hydrogens is 399 g/mol. The lowest BCUT2D eigenvalue weighted by atomic mass is 10.2. The van der Waals surface area contributed by atoms with Crippen molar-refractivity contribution in [3.8, 4) is 5.75 Å². The Hall–Kier alpha value is -2.29. The van der Waals surface area contributed by atoms with E-state index in [0.29, 0.717) is 17.3 Å². The predicted molar refractivity (Wildman–Crippen MR) is 99.4 cm³/mol. The van der Waals surface area contributed by atoms with Gasteiger partial charge in [0.25, 0.3) is 16.0 Å². The Bertz CT molecular complexity index is 1020. The molecule has 0 spiro atoms. The Labute approximate surface area is 160 Å². The number of benzene rings is 2. The van der Waals surface area contributed by atoms with Crippen molar-refractivity contribution in [3.63, 3.8) is 0 Å². The van der Waals surface area contributed by atoms with Crippen LogP contribution in [0.5, 0.6) is 5.75 Å². The monoisotopic (exact) mass is 412 g/mol. The van der Waals surface area contributed by atoms with Crippen molar-refractivity contribution in [2.24, 2.45) is 0 Å². The van der Waals surface area contributed by atoms with Gasteiger partial charge in [-0.3, -0.25) is 0 Å². The Kier molecular flexibility index (Phi) is 5.36. The molecule has 3 rings (SSSR count). The number of anilines is 1. The van der Waals surface area contributed by atoms with Gasteiger partial charge < -0.3 is 4.74 Å². The summed E-state index contributed by atoms with van der Waals surface area (Å²) in [6, 6.07) is 11.4. The third-order valence-electron chi connectivity index (χ3n) is 3.45. The minimum atomic E-state index is -3.87. The first-order valence-electron chi connectivity index (χ1n) is 7.37. The summed E-state index contributed by atoms with van der Waals surface area (Å²) >= 11 is 11.8. The highest BCUT2D eigenvalue weighted by molar-refractivity contribution is 7.92. The van der Waals surface area contributed by atoms with Crippen molar-refractivity contribution < 1.29 is 13.2 Å². The Morgan fingerprint density at radius 3 is 2.54 bits per heavy atom. The van der Waals surface area contributed by atoms with Crippen LogP contribution < -0.4 is 9.46 Å². The van der Waals surface area contributed by atoms with Gasteiger partial charge in [0, 0.05) is 5.02 Å². The van der Waals surface area contributed by atoms with E-state index in [1.165, 1.54) is 36.3 Å². The average molecular weight is 413 g/mol. The maximum absolute atomic E-state index is 12.4. The van der Waals surface area contributed by atoms with E-state index in [9.17, 15) is 8.42 Å². The summed E-state index contributed by atoms with van der Waals surface area (Å²) < 4.78 is 33.7. The lowest BCUT2D eigenvalue weighted by Gasteiger charge is -2.07. The molecule has 0 unspecified atom stereocenters. The Balaban J connectivity index is 1.75. The second-order valence-corrected chi connectivity index (χ2v) is 7.82. The van der Waals surface area contributed by atoms with E-state index in [1.807, 2.05) is 12.1 Å². The largest absolute Gasteiger partial charge is 0.495 e. The third-order valence-corrected chi connectivity index (χ3v) is 5.33. The topological polar surface area (TPSA) is 86.1 Å². The fraction of sp³-hybridized carbons (Fsp3) is 0.125. The van der Waals surface area contributed by atoms with Crippen molar-refractivity contribution in [3.05, 3.63) is 64.4 Å². The van der Waals surface area contributed by atoms with Crippen LogP contribution in [0.1, 0.15) is 5.56 Å². The second-order valence-electron chi connectivity index (χ2n) is 5.29. The molecule has 0 atom stereocenters. The van der Waals surface area contributed by atoms with E-state index in [4.69, 9.17) is 27.9 Å². The fourth-order valence-electron chi connectivity index (χ4n) is 2.19. The van der Waals surface area contributed by atoms with Crippen LogP contribution in [-0.4, -0.2) is 30.3 Å². The normalized spacial score (nSPS) is 11.3. The maximum atomic E-state index is 12.4. The van der Waals surface area contributed by atoms with E-state index in [0.717, 1.165) is 5.56 Å². The molecule has 0 aliphatic carbocycles. The van der Waals surface area contributed by atoms with Crippen LogP contribution in [0.25, 0.3) is 0 Å². The molecule has 136 valence electrons. The van der Waals surface area contributed by atoms with Crippen LogP contribution in [0.4, 0.5) is 5.95 Å². The van der Waals surface area contributed by atoms with Gasteiger partial charge in [-0.05, 0) is 35.9 Å². The Morgan fingerprint density at radius 1 is 1.15 bits per heavy atom. The molecule has 0 saturated carbocycles. The summed E-state index contributed by atoms with van der Waals surface area (Å²) in [5.41, 5.74) is 0.954. The number of nitrogens with one attached hydrogen (secondary N) is 1. The standard InChI is InChI=1S/C16H14Cl2N4O3S/c1-25-15-7-6-13(8-14(15)18)26(23,24)21-16-19-10-22(20-16)9-11-2-4-12(17)5-3-11/h2-8,10H,9H2,1H3,(H,20,21). The minimum absolute atomic E-state index is 0.0163. The summed E-state index contributed by atoms with van der Waals surface area (Å²) in [5.74, 6) is 0.349. The first-order chi connectivity index (χ1) is 12.4. The van der Waals surface area contributed by atoms with Crippen LogP contribution in [0.2, 0.25) is 10.0 Å². The molecule has 0 saturated heterocycles. The van der Waals surface area contributed by atoms with Crippen LogP contribution in [-0.2, 0) is 16.6 Å². The van der Waals surface area contributed by atoms with Gasteiger partial charge in [-0.1, -0.05) is 35.3 Å². The number of hydrogen-bond donors (Lipinski definition) is 1. The summed E-state index contributed by atoms with van der Waals surface area (Å²) in [7, 11) is -2.42. The summed E-state index contributed by atoms with van der Waals surface area (Å²) in [6.07, 6.45) is 1.44.